The smallest absolute Gasteiger partial charge is 0.170 e. The van der Waals surface area contributed by atoms with Gasteiger partial charge < -0.3 is 0 Å². The monoisotopic (exact) mass is 246 g/mol. The fraction of sp³-hybridized carbons (Fsp3) is 0.167. The average Bonchev–Trinajstić information content (AvgIpc) is 3.01. The first-order valence-electron chi connectivity index (χ1n) is 6.75. The fourth-order valence-electron chi connectivity index (χ4n) is 3.33. The van der Waals surface area contributed by atoms with Crippen LogP contribution in [0, 0.1) is 5.92 Å². The van der Waals surface area contributed by atoms with E-state index in [4.69, 9.17) is 0 Å². The van der Waals surface area contributed by atoms with E-state index in [1.165, 1.54) is 22.3 Å². The molecule has 0 bridgehead atoms. The van der Waals surface area contributed by atoms with E-state index in [0.717, 1.165) is 18.4 Å². The molecule has 0 saturated carbocycles. The summed E-state index contributed by atoms with van der Waals surface area (Å²) in [7, 11) is 0. The Labute approximate surface area is 112 Å². The van der Waals surface area contributed by atoms with Crippen molar-refractivity contribution in [2.45, 2.75) is 12.8 Å². The summed E-state index contributed by atoms with van der Waals surface area (Å²) in [6.07, 6.45) is 4.06. The largest absolute Gasteiger partial charge is 0.293 e. The lowest BCUT2D eigenvalue weighted by Gasteiger charge is -2.11. The molecule has 0 aromatic heterocycles. The van der Waals surface area contributed by atoms with Gasteiger partial charge in [-0.2, -0.15) is 0 Å². The molecule has 1 nitrogen and oxygen atoms in total. The highest BCUT2D eigenvalue weighted by Gasteiger charge is 2.34. The van der Waals surface area contributed by atoms with Gasteiger partial charge in [-0.25, -0.2) is 0 Å². The molecular formula is C18H14O. The lowest BCUT2D eigenvalue weighted by molar-refractivity contribution is 0.0964. The molecule has 92 valence electrons. The zero-order valence-corrected chi connectivity index (χ0v) is 10.6. The minimum Gasteiger partial charge on any atom is -0.293 e. The Balaban J connectivity index is 1.76. The molecule has 1 atom stereocenters. The molecular weight excluding hydrogens is 232 g/mol. The Bertz CT molecular complexity index is 709. The van der Waals surface area contributed by atoms with Crippen molar-refractivity contribution in [3.8, 4) is 0 Å². The van der Waals surface area contributed by atoms with Crippen LogP contribution in [-0.4, -0.2) is 5.78 Å². The summed E-state index contributed by atoms with van der Waals surface area (Å²) in [5.74, 6) is 0.319. The number of fused-ring (bicyclic) bond motifs is 2. The van der Waals surface area contributed by atoms with Gasteiger partial charge in [0.15, 0.2) is 5.78 Å². The number of allylic oxidation sites excluding steroid dienone is 2. The van der Waals surface area contributed by atoms with Crippen LogP contribution in [0.25, 0.3) is 5.57 Å². The SMILES string of the molecule is O=C1c2ccccc2CC1C1=CCc2ccccc21. The quantitative estimate of drug-likeness (QED) is 0.750. The molecule has 2 aliphatic carbocycles. The van der Waals surface area contributed by atoms with Crippen LogP contribution in [0.2, 0.25) is 0 Å². The predicted octanol–water partition coefficient (Wildman–Crippen LogP) is 3.68. The molecule has 0 saturated heterocycles. The van der Waals surface area contributed by atoms with Crippen molar-refractivity contribution in [2.24, 2.45) is 5.92 Å². The summed E-state index contributed by atoms with van der Waals surface area (Å²) in [6.45, 7) is 0. The molecule has 1 heteroatoms. The van der Waals surface area contributed by atoms with E-state index >= 15 is 0 Å². The highest BCUT2D eigenvalue weighted by molar-refractivity contribution is 6.09. The van der Waals surface area contributed by atoms with Gasteiger partial charge in [0.05, 0.1) is 5.92 Å². The first-order valence-corrected chi connectivity index (χ1v) is 6.75. The number of carbonyl (C=O) groups excluding carboxylic acids is 1. The molecule has 19 heavy (non-hydrogen) atoms. The van der Waals surface area contributed by atoms with Crippen molar-refractivity contribution in [3.63, 3.8) is 0 Å². The number of carbonyl (C=O) groups is 1. The highest BCUT2D eigenvalue weighted by Crippen LogP contribution is 2.40. The minimum absolute atomic E-state index is 0.0287. The third-order valence-corrected chi connectivity index (χ3v) is 4.27. The molecule has 0 amide bonds. The molecule has 0 radical (unpaired) electrons. The van der Waals surface area contributed by atoms with E-state index < -0.39 is 0 Å². The first kappa shape index (κ1) is 10.7. The normalized spacial score (nSPS) is 20.1. The van der Waals surface area contributed by atoms with E-state index in [9.17, 15) is 4.79 Å². The number of hydrogen-bond acceptors (Lipinski definition) is 1. The van der Waals surface area contributed by atoms with Gasteiger partial charge >= 0.3 is 0 Å². The molecule has 0 heterocycles. The lowest BCUT2D eigenvalue weighted by Crippen LogP contribution is -2.10. The second-order valence-corrected chi connectivity index (χ2v) is 5.30. The maximum absolute atomic E-state index is 12.6. The fourth-order valence-corrected chi connectivity index (χ4v) is 3.33. The predicted molar refractivity (Wildman–Crippen MR) is 76.1 cm³/mol. The van der Waals surface area contributed by atoms with Gasteiger partial charge in [0.1, 0.15) is 0 Å². The van der Waals surface area contributed by atoms with Crippen molar-refractivity contribution < 1.29 is 4.79 Å². The zero-order chi connectivity index (χ0) is 12.8. The molecule has 1 unspecified atom stereocenters. The summed E-state index contributed by atoms with van der Waals surface area (Å²) in [5.41, 5.74) is 5.97. The molecule has 2 aromatic rings. The van der Waals surface area contributed by atoms with E-state index in [-0.39, 0.29) is 5.92 Å². The Hall–Kier alpha value is -2.15. The summed E-state index contributed by atoms with van der Waals surface area (Å²) in [5, 5.41) is 0. The van der Waals surface area contributed by atoms with Crippen molar-refractivity contribution >= 4 is 11.4 Å². The van der Waals surface area contributed by atoms with E-state index in [1.807, 2.05) is 18.2 Å². The van der Waals surface area contributed by atoms with E-state index in [0.29, 0.717) is 5.78 Å². The Morgan fingerprint density at radius 1 is 0.842 bits per heavy atom. The van der Waals surface area contributed by atoms with Crippen LogP contribution in [0.5, 0.6) is 0 Å². The van der Waals surface area contributed by atoms with E-state index in [1.54, 1.807) is 0 Å². The van der Waals surface area contributed by atoms with Gasteiger partial charge in [0.25, 0.3) is 0 Å². The number of benzene rings is 2. The van der Waals surface area contributed by atoms with Crippen LogP contribution >= 0.6 is 0 Å². The van der Waals surface area contributed by atoms with Gasteiger partial charge in [0, 0.05) is 5.56 Å². The Morgan fingerprint density at radius 2 is 1.53 bits per heavy atom. The molecule has 2 aliphatic rings. The topological polar surface area (TPSA) is 17.1 Å². The van der Waals surface area contributed by atoms with Crippen LogP contribution in [0.15, 0.2) is 54.6 Å². The van der Waals surface area contributed by atoms with Crippen LogP contribution in [0.1, 0.15) is 27.0 Å². The molecule has 2 aromatic carbocycles. The number of rotatable bonds is 1. The summed E-state index contributed by atoms with van der Waals surface area (Å²) in [6, 6.07) is 16.4. The maximum atomic E-state index is 12.6. The van der Waals surface area contributed by atoms with Gasteiger partial charge in [-0.05, 0) is 35.1 Å². The van der Waals surface area contributed by atoms with Crippen molar-refractivity contribution in [3.05, 3.63) is 76.9 Å². The lowest BCUT2D eigenvalue weighted by atomic mass is 9.91. The molecule has 0 spiro atoms. The summed E-state index contributed by atoms with van der Waals surface area (Å²) in [4.78, 5) is 12.6. The molecule has 0 N–H and O–H groups in total. The first-order chi connectivity index (χ1) is 9.34. The minimum atomic E-state index is 0.0287. The molecule has 0 fully saturated rings. The number of Topliss-reactive ketones (excluding diaryl/α,β-unsaturated/α-hetero) is 1. The number of hydrogen-bond donors (Lipinski definition) is 0. The van der Waals surface area contributed by atoms with Gasteiger partial charge in [-0.3, -0.25) is 4.79 Å². The van der Waals surface area contributed by atoms with Crippen LogP contribution in [-0.2, 0) is 12.8 Å². The Kier molecular flexibility index (Phi) is 2.22. The van der Waals surface area contributed by atoms with Gasteiger partial charge in [-0.1, -0.05) is 54.6 Å². The molecule has 0 aliphatic heterocycles. The third kappa shape index (κ3) is 1.51. The second-order valence-electron chi connectivity index (χ2n) is 5.30. The second kappa shape index (κ2) is 3.92. The maximum Gasteiger partial charge on any atom is 0.170 e. The van der Waals surface area contributed by atoms with Gasteiger partial charge in [0.2, 0.25) is 0 Å². The molecule has 4 rings (SSSR count). The van der Waals surface area contributed by atoms with Crippen molar-refractivity contribution in [2.75, 3.05) is 0 Å². The van der Waals surface area contributed by atoms with Crippen molar-refractivity contribution in [1.82, 2.24) is 0 Å². The average molecular weight is 246 g/mol. The standard InChI is InChI=1S/C18H14O/c19-18-15-8-4-2-6-13(15)11-17(18)16-10-9-12-5-1-3-7-14(12)16/h1-8,10,17H,9,11H2. The van der Waals surface area contributed by atoms with Crippen molar-refractivity contribution in [1.29, 1.82) is 0 Å². The Morgan fingerprint density at radius 3 is 2.32 bits per heavy atom. The highest BCUT2D eigenvalue weighted by atomic mass is 16.1. The summed E-state index contributed by atoms with van der Waals surface area (Å²) < 4.78 is 0. The van der Waals surface area contributed by atoms with E-state index in [2.05, 4.69) is 36.4 Å². The third-order valence-electron chi connectivity index (χ3n) is 4.27. The van der Waals surface area contributed by atoms with Crippen LogP contribution < -0.4 is 0 Å². The number of ketones is 1. The van der Waals surface area contributed by atoms with Crippen LogP contribution in [0.4, 0.5) is 0 Å². The zero-order valence-electron chi connectivity index (χ0n) is 10.6. The summed E-state index contributed by atoms with van der Waals surface area (Å²) >= 11 is 0. The van der Waals surface area contributed by atoms with Crippen LogP contribution in [0.3, 0.4) is 0 Å². The van der Waals surface area contributed by atoms with Gasteiger partial charge in [-0.15, -0.1) is 0 Å².